The molecular formula is C19H20N4O2S. The number of anilines is 1. The molecule has 0 saturated heterocycles. The van der Waals surface area contributed by atoms with E-state index in [-0.39, 0.29) is 18.4 Å². The van der Waals surface area contributed by atoms with Crippen molar-refractivity contribution in [2.75, 3.05) is 11.9 Å². The van der Waals surface area contributed by atoms with Gasteiger partial charge in [-0.3, -0.25) is 14.7 Å². The number of thiophene rings is 1. The molecule has 0 aliphatic carbocycles. The Labute approximate surface area is 155 Å². The first kappa shape index (κ1) is 17.9. The summed E-state index contributed by atoms with van der Waals surface area (Å²) < 4.78 is 0. The van der Waals surface area contributed by atoms with E-state index >= 15 is 0 Å². The molecule has 134 valence electrons. The van der Waals surface area contributed by atoms with Crippen molar-refractivity contribution >= 4 is 29.0 Å². The minimum Gasteiger partial charge on any atom is -0.343 e. The van der Waals surface area contributed by atoms with Gasteiger partial charge in [0.1, 0.15) is 0 Å². The van der Waals surface area contributed by atoms with Gasteiger partial charge in [0.05, 0.1) is 17.1 Å². The standard InChI is InChI=1S/C19H20N4O2S/c1-11-6-12(2)8-14(7-11)19(25)20-10-18(24)21-17-9-15(22-23-17)16-5-4-13(3)26-16/h4-9H,10H2,1-3H3,(H,20,25)(H2,21,22,23,24). The van der Waals surface area contributed by atoms with E-state index in [1.54, 1.807) is 29.5 Å². The monoisotopic (exact) mass is 368 g/mol. The third kappa shape index (κ3) is 4.37. The highest BCUT2D eigenvalue weighted by molar-refractivity contribution is 7.15. The Morgan fingerprint density at radius 2 is 1.81 bits per heavy atom. The minimum absolute atomic E-state index is 0.119. The molecule has 0 aliphatic heterocycles. The first-order valence-electron chi connectivity index (χ1n) is 8.19. The van der Waals surface area contributed by atoms with Crippen LogP contribution in [0.2, 0.25) is 0 Å². The van der Waals surface area contributed by atoms with Crippen molar-refractivity contribution in [2.24, 2.45) is 0 Å². The lowest BCUT2D eigenvalue weighted by atomic mass is 10.1. The van der Waals surface area contributed by atoms with Crippen molar-refractivity contribution in [3.63, 3.8) is 0 Å². The lowest BCUT2D eigenvalue weighted by molar-refractivity contribution is -0.115. The molecule has 1 aromatic carbocycles. The van der Waals surface area contributed by atoms with Crippen LogP contribution in [0, 0.1) is 20.8 Å². The van der Waals surface area contributed by atoms with E-state index in [4.69, 9.17) is 0 Å². The van der Waals surface area contributed by atoms with Crippen LogP contribution in [0.1, 0.15) is 26.4 Å². The number of H-pyrrole nitrogens is 1. The van der Waals surface area contributed by atoms with Crippen LogP contribution < -0.4 is 10.6 Å². The molecule has 3 aromatic rings. The molecule has 0 fully saturated rings. The van der Waals surface area contributed by atoms with E-state index in [0.29, 0.717) is 11.4 Å². The number of nitrogens with zero attached hydrogens (tertiary/aromatic N) is 1. The van der Waals surface area contributed by atoms with Gasteiger partial charge in [-0.05, 0) is 45.0 Å². The van der Waals surface area contributed by atoms with Gasteiger partial charge >= 0.3 is 0 Å². The number of aromatic nitrogens is 2. The van der Waals surface area contributed by atoms with Crippen molar-refractivity contribution in [2.45, 2.75) is 20.8 Å². The smallest absolute Gasteiger partial charge is 0.251 e. The highest BCUT2D eigenvalue weighted by Crippen LogP contribution is 2.27. The summed E-state index contributed by atoms with van der Waals surface area (Å²) >= 11 is 1.65. The molecule has 3 N–H and O–H groups in total. The molecule has 0 bridgehead atoms. The second-order valence-corrected chi connectivity index (χ2v) is 7.47. The number of aryl methyl sites for hydroxylation is 3. The Bertz CT molecular complexity index is 938. The molecule has 2 heterocycles. The van der Waals surface area contributed by atoms with Crippen molar-refractivity contribution in [3.05, 3.63) is 58.0 Å². The quantitative estimate of drug-likeness (QED) is 0.645. The normalized spacial score (nSPS) is 10.6. The van der Waals surface area contributed by atoms with Crippen molar-refractivity contribution in [1.29, 1.82) is 0 Å². The van der Waals surface area contributed by atoms with Crippen LogP contribution in [0.5, 0.6) is 0 Å². The molecule has 0 atom stereocenters. The van der Waals surface area contributed by atoms with E-state index in [1.807, 2.05) is 39.0 Å². The van der Waals surface area contributed by atoms with Gasteiger partial charge in [0, 0.05) is 16.5 Å². The average Bonchev–Trinajstić information content (AvgIpc) is 3.20. The third-order valence-electron chi connectivity index (χ3n) is 3.74. The molecule has 0 aliphatic rings. The number of amides is 2. The Kier molecular flexibility index (Phi) is 5.18. The van der Waals surface area contributed by atoms with Crippen LogP contribution in [-0.2, 0) is 4.79 Å². The maximum absolute atomic E-state index is 12.2. The summed E-state index contributed by atoms with van der Waals surface area (Å²) in [6.45, 7) is 5.78. The maximum Gasteiger partial charge on any atom is 0.251 e. The first-order valence-corrected chi connectivity index (χ1v) is 9.01. The lowest BCUT2D eigenvalue weighted by Gasteiger charge is -2.07. The Hall–Kier alpha value is -2.93. The summed E-state index contributed by atoms with van der Waals surface area (Å²) in [7, 11) is 0. The van der Waals surface area contributed by atoms with Crippen molar-refractivity contribution < 1.29 is 9.59 Å². The number of hydrogen-bond acceptors (Lipinski definition) is 4. The van der Waals surface area contributed by atoms with E-state index in [9.17, 15) is 9.59 Å². The molecule has 7 heteroatoms. The Morgan fingerprint density at radius 1 is 1.08 bits per heavy atom. The van der Waals surface area contributed by atoms with Gasteiger partial charge < -0.3 is 10.6 Å². The first-order chi connectivity index (χ1) is 12.4. The summed E-state index contributed by atoms with van der Waals surface area (Å²) in [6, 6.07) is 11.4. The third-order valence-corrected chi connectivity index (χ3v) is 4.78. The summed E-state index contributed by atoms with van der Waals surface area (Å²) in [5.41, 5.74) is 3.41. The predicted molar refractivity (Wildman–Crippen MR) is 104 cm³/mol. The number of hydrogen-bond donors (Lipinski definition) is 3. The number of benzene rings is 1. The van der Waals surface area contributed by atoms with Crippen LogP contribution in [0.4, 0.5) is 5.82 Å². The van der Waals surface area contributed by atoms with E-state index in [0.717, 1.165) is 21.7 Å². The second-order valence-electron chi connectivity index (χ2n) is 6.18. The summed E-state index contributed by atoms with van der Waals surface area (Å²) in [5.74, 6) is -0.177. The molecule has 2 aromatic heterocycles. The predicted octanol–water partition coefficient (Wildman–Crippen LogP) is 3.43. The highest BCUT2D eigenvalue weighted by atomic mass is 32.1. The molecule has 26 heavy (non-hydrogen) atoms. The molecule has 0 spiro atoms. The summed E-state index contributed by atoms with van der Waals surface area (Å²) in [6.07, 6.45) is 0. The van der Waals surface area contributed by atoms with Crippen LogP contribution in [0.3, 0.4) is 0 Å². The zero-order valence-electron chi connectivity index (χ0n) is 14.8. The van der Waals surface area contributed by atoms with Crippen LogP contribution in [0.25, 0.3) is 10.6 Å². The molecule has 0 unspecified atom stereocenters. The minimum atomic E-state index is -0.330. The Morgan fingerprint density at radius 3 is 2.46 bits per heavy atom. The largest absolute Gasteiger partial charge is 0.343 e. The fraction of sp³-hybridized carbons (Fsp3) is 0.211. The fourth-order valence-electron chi connectivity index (χ4n) is 2.65. The number of nitrogens with one attached hydrogen (secondary N) is 3. The summed E-state index contributed by atoms with van der Waals surface area (Å²) in [4.78, 5) is 26.5. The topological polar surface area (TPSA) is 86.9 Å². The van der Waals surface area contributed by atoms with Gasteiger partial charge in [-0.15, -0.1) is 11.3 Å². The Balaban J connectivity index is 1.56. The zero-order valence-corrected chi connectivity index (χ0v) is 15.7. The van der Waals surface area contributed by atoms with Crippen LogP contribution in [0.15, 0.2) is 36.4 Å². The second kappa shape index (κ2) is 7.53. The number of rotatable bonds is 5. The van der Waals surface area contributed by atoms with Gasteiger partial charge in [-0.1, -0.05) is 17.2 Å². The van der Waals surface area contributed by atoms with Crippen LogP contribution in [-0.4, -0.2) is 28.6 Å². The van der Waals surface area contributed by atoms with E-state index in [1.165, 1.54) is 4.88 Å². The fourth-order valence-corrected chi connectivity index (χ4v) is 3.48. The summed E-state index contributed by atoms with van der Waals surface area (Å²) in [5, 5.41) is 12.3. The van der Waals surface area contributed by atoms with Crippen molar-refractivity contribution in [3.8, 4) is 10.6 Å². The van der Waals surface area contributed by atoms with Gasteiger partial charge in [-0.25, -0.2) is 0 Å². The maximum atomic E-state index is 12.2. The lowest BCUT2D eigenvalue weighted by Crippen LogP contribution is -2.33. The van der Waals surface area contributed by atoms with Gasteiger partial charge in [0.25, 0.3) is 5.91 Å². The zero-order chi connectivity index (χ0) is 18.7. The van der Waals surface area contributed by atoms with Gasteiger partial charge in [-0.2, -0.15) is 5.10 Å². The molecule has 0 radical (unpaired) electrons. The SMILES string of the molecule is Cc1cc(C)cc(C(=O)NCC(=O)Nc2cc(-c3ccc(C)s3)[nH]n2)c1. The molecule has 0 saturated carbocycles. The molecule has 2 amide bonds. The van der Waals surface area contributed by atoms with Gasteiger partial charge in [0.15, 0.2) is 5.82 Å². The number of carbonyl (C=O) groups is 2. The highest BCUT2D eigenvalue weighted by Gasteiger charge is 2.11. The van der Waals surface area contributed by atoms with Crippen molar-refractivity contribution in [1.82, 2.24) is 15.5 Å². The molecular weight excluding hydrogens is 348 g/mol. The van der Waals surface area contributed by atoms with E-state index < -0.39 is 0 Å². The number of aromatic amines is 1. The van der Waals surface area contributed by atoms with E-state index in [2.05, 4.69) is 20.8 Å². The number of carbonyl (C=O) groups excluding carboxylic acids is 2. The molecule has 6 nitrogen and oxygen atoms in total. The average molecular weight is 368 g/mol. The molecule has 3 rings (SSSR count). The van der Waals surface area contributed by atoms with Crippen LogP contribution >= 0.6 is 11.3 Å². The van der Waals surface area contributed by atoms with Gasteiger partial charge in [0.2, 0.25) is 5.91 Å².